The smallest absolute Gasteiger partial charge is 0.407 e. The van der Waals surface area contributed by atoms with Crippen LogP contribution in [0.1, 0.15) is 17.0 Å². The van der Waals surface area contributed by atoms with E-state index in [2.05, 4.69) is 5.32 Å². The minimum Gasteiger partial charge on any atom is -0.465 e. The van der Waals surface area contributed by atoms with Crippen molar-refractivity contribution in [1.82, 2.24) is 15.1 Å². The third-order valence-electron chi connectivity index (χ3n) is 5.60. The minimum absolute atomic E-state index is 0.00889. The number of amides is 3. The van der Waals surface area contributed by atoms with Crippen LogP contribution in [0, 0.1) is 0 Å². The Morgan fingerprint density at radius 1 is 1.03 bits per heavy atom. The van der Waals surface area contributed by atoms with Gasteiger partial charge >= 0.3 is 6.09 Å². The summed E-state index contributed by atoms with van der Waals surface area (Å²) in [7, 11) is 4.59. The van der Waals surface area contributed by atoms with Gasteiger partial charge in [-0.2, -0.15) is 0 Å². The lowest BCUT2D eigenvalue weighted by Crippen LogP contribution is -2.50. The largest absolute Gasteiger partial charge is 0.465 e. The standard InChI is InChI=1S/C24H27N3O4S/c1-25-22(28)20(13-16-9-5-4-6-10-16)27(3)23(29)18(14-26(2)24(30)31)19-15-32-21-12-8-7-11-17(19)21/h4-12,15,18,20H,13-14H2,1-3H3,(H,25,28)(H,30,31)/t18?,20-/m1/s1. The van der Waals surface area contributed by atoms with Gasteiger partial charge in [-0.3, -0.25) is 9.59 Å². The average molecular weight is 454 g/mol. The maximum atomic E-state index is 13.7. The van der Waals surface area contributed by atoms with Crippen molar-refractivity contribution in [1.29, 1.82) is 0 Å². The molecular weight excluding hydrogens is 426 g/mol. The molecule has 32 heavy (non-hydrogen) atoms. The second kappa shape index (κ2) is 10.3. The molecule has 1 unspecified atom stereocenters. The topological polar surface area (TPSA) is 90.0 Å². The highest BCUT2D eigenvalue weighted by Crippen LogP contribution is 2.33. The summed E-state index contributed by atoms with van der Waals surface area (Å²) in [6.07, 6.45) is -0.758. The van der Waals surface area contributed by atoms with Crippen molar-refractivity contribution in [3.8, 4) is 0 Å². The van der Waals surface area contributed by atoms with E-state index in [4.69, 9.17) is 0 Å². The SMILES string of the molecule is CNC(=O)[C@@H](Cc1ccccc1)N(C)C(=O)C(CN(C)C(=O)O)c1csc2ccccc12. The van der Waals surface area contributed by atoms with Gasteiger partial charge in [-0.15, -0.1) is 11.3 Å². The van der Waals surface area contributed by atoms with Gasteiger partial charge in [0.05, 0.1) is 5.92 Å². The zero-order valence-electron chi connectivity index (χ0n) is 18.3. The molecule has 0 aliphatic carbocycles. The molecule has 0 saturated carbocycles. The Labute approximate surface area is 191 Å². The van der Waals surface area contributed by atoms with Crippen molar-refractivity contribution in [2.75, 3.05) is 27.7 Å². The Morgan fingerprint density at radius 3 is 2.34 bits per heavy atom. The van der Waals surface area contributed by atoms with E-state index in [0.717, 1.165) is 26.1 Å². The number of fused-ring (bicyclic) bond motifs is 1. The molecule has 0 aliphatic heterocycles. The predicted molar refractivity (Wildman–Crippen MR) is 126 cm³/mol. The van der Waals surface area contributed by atoms with Crippen LogP contribution in [-0.2, 0) is 16.0 Å². The summed E-state index contributed by atoms with van der Waals surface area (Å²) in [5.41, 5.74) is 1.70. The summed E-state index contributed by atoms with van der Waals surface area (Å²) < 4.78 is 1.02. The van der Waals surface area contributed by atoms with Crippen LogP contribution in [0.25, 0.3) is 10.1 Å². The van der Waals surface area contributed by atoms with E-state index in [9.17, 15) is 19.5 Å². The minimum atomic E-state index is -1.11. The molecule has 0 radical (unpaired) electrons. The highest BCUT2D eigenvalue weighted by Gasteiger charge is 2.34. The van der Waals surface area contributed by atoms with Crippen molar-refractivity contribution in [2.45, 2.75) is 18.4 Å². The van der Waals surface area contributed by atoms with Gasteiger partial charge in [0.15, 0.2) is 0 Å². The zero-order chi connectivity index (χ0) is 23.3. The predicted octanol–water partition coefficient (Wildman–Crippen LogP) is 3.41. The fourth-order valence-corrected chi connectivity index (χ4v) is 4.75. The Hall–Kier alpha value is -3.39. The molecular formula is C24H27N3O4S. The molecule has 2 atom stereocenters. The maximum Gasteiger partial charge on any atom is 0.407 e. The summed E-state index contributed by atoms with van der Waals surface area (Å²) in [5.74, 6) is -1.31. The van der Waals surface area contributed by atoms with E-state index in [-0.39, 0.29) is 18.4 Å². The lowest BCUT2D eigenvalue weighted by molar-refractivity contribution is -0.140. The van der Waals surface area contributed by atoms with Gasteiger partial charge in [-0.1, -0.05) is 48.5 Å². The van der Waals surface area contributed by atoms with E-state index in [1.54, 1.807) is 14.1 Å². The molecule has 8 heteroatoms. The van der Waals surface area contributed by atoms with Crippen molar-refractivity contribution in [3.05, 3.63) is 71.1 Å². The molecule has 168 valence electrons. The van der Waals surface area contributed by atoms with Crippen molar-refractivity contribution < 1.29 is 19.5 Å². The first kappa shape index (κ1) is 23.3. The van der Waals surface area contributed by atoms with Gasteiger partial charge in [0.2, 0.25) is 11.8 Å². The third-order valence-corrected chi connectivity index (χ3v) is 6.59. The third kappa shape index (κ3) is 5.08. The lowest BCUT2D eigenvalue weighted by Gasteiger charge is -2.31. The summed E-state index contributed by atoms with van der Waals surface area (Å²) in [5, 5.41) is 14.9. The summed E-state index contributed by atoms with van der Waals surface area (Å²) in [6.45, 7) is -0.00889. The molecule has 2 N–H and O–H groups in total. The molecule has 3 aromatic rings. The number of carboxylic acid groups (broad SMARTS) is 1. The number of carbonyl (C=O) groups excluding carboxylic acids is 2. The molecule has 0 spiro atoms. The number of nitrogens with one attached hydrogen (secondary N) is 1. The lowest BCUT2D eigenvalue weighted by atomic mass is 9.95. The fourth-order valence-electron chi connectivity index (χ4n) is 3.74. The number of thiophene rings is 1. The molecule has 3 rings (SSSR count). The van der Waals surface area contributed by atoms with E-state index in [1.807, 2.05) is 60.0 Å². The monoisotopic (exact) mass is 453 g/mol. The first-order chi connectivity index (χ1) is 15.3. The Balaban J connectivity index is 1.97. The van der Waals surface area contributed by atoms with Gasteiger partial charge in [-0.05, 0) is 28.0 Å². The number of carbonyl (C=O) groups is 3. The molecule has 7 nitrogen and oxygen atoms in total. The van der Waals surface area contributed by atoms with E-state index in [0.29, 0.717) is 6.42 Å². The van der Waals surface area contributed by atoms with Crippen LogP contribution in [0.2, 0.25) is 0 Å². The van der Waals surface area contributed by atoms with Crippen molar-refractivity contribution >= 4 is 39.3 Å². The van der Waals surface area contributed by atoms with Crippen LogP contribution < -0.4 is 5.32 Å². The zero-order valence-corrected chi connectivity index (χ0v) is 19.1. The highest BCUT2D eigenvalue weighted by atomic mass is 32.1. The van der Waals surface area contributed by atoms with E-state index in [1.165, 1.54) is 23.3 Å². The van der Waals surface area contributed by atoms with Gasteiger partial charge in [-0.25, -0.2) is 4.79 Å². The quantitative estimate of drug-likeness (QED) is 0.547. The van der Waals surface area contributed by atoms with Crippen LogP contribution in [0.5, 0.6) is 0 Å². The van der Waals surface area contributed by atoms with E-state index >= 15 is 0 Å². The molecule has 0 aliphatic rings. The molecule has 0 saturated heterocycles. The number of likely N-dealkylation sites (N-methyl/N-ethyl adjacent to an activating group) is 3. The van der Waals surface area contributed by atoms with Gasteiger partial charge < -0.3 is 20.2 Å². The molecule has 2 aromatic carbocycles. The Bertz CT molecular complexity index is 1100. The van der Waals surface area contributed by atoms with Gasteiger partial charge in [0, 0.05) is 38.8 Å². The number of rotatable bonds is 8. The van der Waals surface area contributed by atoms with E-state index < -0.39 is 18.1 Å². The van der Waals surface area contributed by atoms with Crippen LogP contribution in [-0.4, -0.2) is 66.5 Å². The summed E-state index contributed by atoms with van der Waals surface area (Å²) in [6, 6.07) is 16.5. The molecule has 1 heterocycles. The number of hydrogen-bond acceptors (Lipinski definition) is 4. The molecule has 1 aromatic heterocycles. The normalized spacial score (nSPS) is 12.7. The maximum absolute atomic E-state index is 13.7. The van der Waals surface area contributed by atoms with Crippen LogP contribution in [0.4, 0.5) is 4.79 Å². The average Bonchev–Trinajstić information content (AvgIpc) is 3.24. The van der Waals surface area contributed by atoms with Crippen molar-refractivity contribution in [2.24, 2.45) is 0 Å². The molecule has 0 bridgehead atoms. The highest BCUT2D eigenvalue weighted by molar-refractivity contribution is 7.17. The van der Waals surface area contributed by atoms with Crippen LogP contribution >= 0.6 is 11.3 Å². The van der Waals surface area contributed by atoms with Crippen LogP contribution in [0.3, 0.4) is 0 Å². The second-order valence-electron chi connectivity index (χ2n) is 7.67. The van der Waals surface area contributed by atoms with Crippen LogP contribution in [0.15, 0.2) is 60.0 Å². The van der Waals surface area contributed by atoms with Crippen molar-refractivity contribution in [3.63, 3.8) is 0 Å². The first-order valence-corrected chi connectivity index (χ1v) is 11.1. The number of hydrogen-bond donors (Lipinski definition) is 2. The first-order valence-electron chi connectivity index (χ1n) is 10.3. The Kier molecular flexibility index (Phi) is 7.48. The fraction of sp³-hybridized carbons (Fsp3) is 0.292. The number of benzene rings is 2. The summed E-state index contributed by atoms with van der Waals surface area (Å²) in [4.78, 5) is 40.5. The Morgan fingerprint density at radius 2 is 1.69 bits per heavy atom. The molecule has 0 fully saturated rings. The molecule has 3 amide bonds. The second-order valence-corrected chi connectivity index (χ2v) is 8.58. The summed E-state index contributed by atoms with van der Waals surface area (Å²) >= 11 is 1.51. The van der Waals surface area contributed by atoms with Gasteiger partial charge in [0.1, 0.15) is 6.04 Å². The number of nitrogens with zero attached hydrogens (tertiary/aromatic N) is 2. The van der Waals surface area contributed by atoms with Gasteiger partial charge in [0.25, 0.3) is 0 Å².